The Morgan fingerprint density at radius 3 is 2.48 bits per heavy atom. The van der Waals surface area contributed by atoms with E-state index in [2.05, 4.69) is 15.2 Å². The SMILES string of the molecule is N#Cc1ccc(NC(=O)c2noc3ccc(S(=O)(=O)Nc4ccccc4)cc23)c(C(=O)O)c1. The molecule has 0 spiro atoms. The minimum atomic E-state index is -3.97. The molecule has 33 heavy (non-hydrogen) atoms. The first-order valence-corrected chi connectivity index (χ1v) is 10.8. The summed E-state index contributed by atoms with van der Waals surface area (Å²) < 4.78 is 33.1. The standard InChI is InChI=1S/C22H14N4O6S/c23-12-13-6-8-18(16(10-13)22(28)29)24-21(27)20-17-11-15(7-9-19(17)32-25-20)33(30,31)26-14-4-2-1-3-5-14/h1-11,26H,(H,24,27)(H,28,29). The van der Waals surface area contributed by atoms with Crippen LogP contribution >= 0.6 is 0 Å². The third kappa shape index (κ3) is 4.36. The topological polar surface area (TPSA) is 162 Å². The van der Waals surface area contributed by atoms with E-state index in [9.17, 15) is 23.1 Å². The zero-order valence-electron chi connectivity index (χ0n) is 16.6. The molecule has 0 saturated carbocycles. The second-order valence-electron chi connectivity index (χ2n) is 6.79. The van der Waals surface area contributed by atoms with Gasteiger partial charge in [-0.1, -0.05) is 23.4 Å². The molecule has 0 radical (unpaired) electrons. The summed E-state index contributed by atoms with van der Waals surface area (Å²) in [6.45, 7) is 0. The summed E-state index contributed by atoms with van der Waals surface area (Å²) in [4.78, 5) is 24.2. The van der Waals surface area contributed by atoms with Crippen LogP contribution in [0, 0.1) is 11.3 Å². The summed E-state index contributed by atoms with van der Waals surface area (Å²) in [5.41, 5.74) is 0.0585. The predicted molar refractivity (Wildman–Crippen MR) is 117 cm³/mol. The van der Waals surface area contributed by atoms with E-state index in [-0.39, 0.29) is 38.4 Å². The fourth-order valence-corrected chi connectivity index (χ4v) is 4.13. The highest BCUT2D eigenvalue weighted by molar-refractivity contribution is 7.92. The van der Waals surface area contributed by atoms with Crippen LogP contribution in [0.5, 0.6) is 0 Å². The number of aromatic carboxylic acids is 1. The maximum Gasteiger partial charge on any atom is 0.337 e. The van der Waals surface area contributed by atoms with E-state index in [4.69, 9.17) is 9.78 Å². The molecule has 4 aromatic rings. The molecular formula is C22H14N4O6S. The summed E-state index contributed by atoms with van der Waals surface area (Å²) in [5, 5.41) is 24.6. The molecule has 11 heteroatoms. The first-order valence-electron chi connectivity index (χ1n) is 9.34. The molecule has 164 valence electrons. The predicted octanol–water partition coefficient (Wildman–Crippen LogP) is 3.45. The van der Waals surface area contributed by atoms with Gasteiger partial charge in [-0.3, -0.25) is 9.52 Å². The molecule has 1 aromatic heterocycles. The molecule has 3 aromatic carbocycles. The number of fused-ring (bicyclic) bond motifs is 1. The van der Waals surface area contributed by atoms with Gasteiger partial charge in [0.25, 0.3) is 15.9 Å². The normalized spacial score (nSPS) is 11.0. The lowest BCUT2D eigenvalue weighted by atomic mass is 10.1. The number of rotatable bonds is 6. The summed E-state index contributed by atoms with van der Waals surface area (Å²) >= 11 is 0. The fraction of sp³-hybridized carbons (Fsp3) is 0. The maximum absolute atomic E-state index is 12.8. The van der Waals surface area contributed by atoms with Crippen LogP contribution in [-0.2, 0) is 10.0 Å². The van der Waals surface area contributed by atoms with Crippen LogP contribution < -0.4 is 10.0 Å². The van der Waals surface area contributed by atoms with Crippen molar-refractivity contribution in [2.45, 2.75) is 4.90 Å². The van der Waals surface area contributed by atoms with Crippen LogP contribution in [0.4, 0.5) is 11.4 Å². The van der Waals surface area contributed by atoms with Crippen molar-refractivity contribution in [3.8, 4) is 6.07 Å². The number of para-hydroxylation sites is 1. The number of carbonyl (C=O) groups excluding carboxylic acids is 1. The first kappa shape index (κ1) is 21.5. The quantitative estimate of drug-likeness (QED) is 0.392. The monoisotopic (exact) mass is 462 g/mol. The summed E-state index contributed by atoms with van der Waals surface area (Å²) in [7, 11) is -3.97. The number of anilines is 2. The van der Waals surface area contributed by atoms with Crippen LogP contribution in [0.2, 0.25) is 0 Å². The van der Waals surface area contributed by atoms with Crippen LogP contribution in [0.3, 0.4) is 0 Å². The number of carboxylic acid groups (broad SMARTS) is 1. The van der Waals surface area contributed by atoms with Gasteiger partial charge in [-0.05, 0) is 48.5 Å². The Kier molecular flexibility index (Phi) is 5.51. The lowest BCUT2D eigenvalue weighted by molar-refractivity contribution is 0.0698. The molecule has 0 saturated heterocycles. The Balaban J connectivity index is 1.68. The van der Waals surface area contributed by atoms with E-state index < -0.39 is 21.9 Å². The number of carbonyl (C=O) groups is 2. The molecule has 0 atom stereocenters. The van der Waals surface area contributed by atoms with Gasteiger partial charge in [0.05, 0.1) is 33.2 Å². The minimum Gasteiger partial charge on any atom is -0.478 e. The molecule has 10 nitrogen and oxygen atoms in total. The molecule has 0 unspecified atom stereocenters. The van der Waals surface area contributed by atoms with Gasteiger partial charge in [0.1, 0.15) is 0 Å². The maximum atomic E-state index is 12.8. The van der Waals surface area contributed by atoms with Gasteiger partial charge in [-0.15, -0.1) is 0 Å². The van der Waals surface area contributed by atoms with Crippen molar-refractivity contribution in [3.63, 3.8) is 0 Å². The number of nitrogens with one attached hydrogen (secondary N) is 2. The van der Waals surface area contributed by atoms with Crippen molar-refractivity contribution in [2.75, 3.05) is 10.0 Å². The van der Waals surface area contributed by atoms with Crippen molar-refractivity contribution in [1.82, 2.24) is 5.16 Å². The van der Waals surface area contributed by atoms with Crippen LogP contribution in [0.1, 0.15) is 26.4 Å². The van der Waals surface area contributed by atoms with Crippen molar-refractivity contribution in [1.29, 1.82) is 5.26 Å². The Morgan fingerprint density at radius 1 is 1.03 bits per heavy atom. The molecule has 0 fully saturated rings. The Bertz CT molecular complexity index is 1540. The number of nitrogens with zero attached hydrogens (tertiary/aromatic N) is 2. The number of nitriles is 1. The van der Waals surface area contributed by atoms with Crippen molar-refractivity contribution < 1.29 is 27.6 Å². The third-order valence-electron chi connectivity index (χ3n) is 4.62. The van der Waals surface area contributed by atoms with Gasteiger partial charge < -0.3 is 14.9 Å². The Morgan fingerprint density at radius 2 is 1.79 bits per heavy atom. The van der Waals surface area contributed by atoms with E-state index in [0.717, 1.165) is 6.07 Å². The molecule has 3 N–H and O–H groups in total. The number of aromatic nitrogens is 1. The summed E-state index contributed by atoms with van der Waals surface area (Å²) in [5.74, 6) is -2.15. The lowest BCUT2D eigenvalue weighted by Crippen LogP contribution is -2.16. The molecule has 1 heterocycles. The molecule has 0 bridgehead atoms. The van der Waals surface area contributed by atoms with Gasteiger partial charge in [0, 0.05) is 5.69 Å². The Labute approximate surface area is 187 Å². The number of carboxylic acids is 1. The van der Waals surface area contributed by atoms with E-state index in [0.29, 0.717) is 5.69 Å². The highest BCUT2D eigenvalue weighted by atomic mass is 32.2. The third-order valence-corrected chi connectivity index (χ3v) is 6.00. The minimum absolute atomic E-state index is 0.0582. The van der Waals surface area contributed by atoms with Gasteiger partial charge in [0.2, 0.25) is 0 Å². The second-order valence-corrected chi connectivity index (χ2v) is 8.47. The summed E-state index contributed by atoms with van der Waals surface area (Å²) in [6, 6.07) is 17.8. The van der Waals surface area contributed by atoms with Crippen molar-refractivity contribution >= 4 is 44.2 Å². The highest BCUT2D eigenvalue weighted by Crippen LogP contribution is 2.26. The van der Waals surface area contributed by atoms with E-state index >= 15 is 0 Å². The number of sulfonamides is 1. The molecule has 4 rings (SSSR count). The zero-order valence-corrected chi connectivity index (χ0v) is 17.5. The van der Waals surface area contributed by atoms with Crippen LogP contribution in [0.15, 0.2) is 76.1 Å². The fourth-order valence-electron chi connectivity index (χ4n) is 3.05. The van der Waals surface area contributed by atoms with Gasteiger partial charge in [0.15, 0.2) is 11.3 Å². The molecule has 1 amide bonds. The van der Waals surface area contributed by atoms with Gasteiger partial charge in [-0.2, -0.15) is 5.26 Å². The highest BCUT2D eigenvalue weighted by Gasteiger charge is 2.22. The number of hydrogen-bond acceptors (Lipinski definition) is 7. The van der Waals surface area contributed by atoms with E-state index in [1.165, 1.54) is 30.3 Å². The van der Waals surface area contributed by atoms with Crippen molar-refractivity contribution in [3.05, 3.63) is 83.6 Å². The number of hydrogen-bond donors (Lipinski definition) is 3. The largest absolute Gasteiger partial charge is 0.478 e. The molecule has 0 aliphatic rings. The van der Waals surface area contributed by atoms with Gasteiger partial charge in [-0.25, -0.2) is 13.2 Å². The molecular weight excluding hydrogens is 448 g/mol. The summed E-state index contributed by atoms with van der Waals surface area (Å²) in [6.07, 6.45) is 0. The van der Waals surface area contributed by atoms with Crippen LogP contribution in [-0.4, -0.2) is 30.6 Å². The zero-order chi connectivity index (χ0) is 23.6. The first-order chi connectivity index (χ1) is 15.8. The average molecular weight is 462 g/mol. The second kappa shape index (κ2) is 8.45. The number of amides is 1. The van der Waals surface area contributed by atoms with Crippen molar-refractivity contribution in [2.24, 2.45) is 0 Å². The molecule has 0 aliphatic heterocycles. The lowest BCUT2D eigenvalue weighted by Gasteiger charge is -2.09. The Hall–Kier alpha value is -4.69. The van der Waals surface area contributed by atoms with E-state index in [1.54, 1.807) is 30.3 Å². The number of benzene rings is 3. The van der Waals surface area contributed by atoms with Crippen LogP contribution in [0.25, 0.3) is 11.0 Å². The van der Waals surface area contributed by atoms with Gasteiger partial charge >= 0.3 is 5.97 Å². The smallest absolute Gasteiger partial charge is 0.337 e. The average Bonchev–Trinajstić information content (AvgIpc) is 3.23. The van der Waals surface area contributed by atoms with E-state index in [1.807, 2.05) is 6.07 Å². The molecule has 0 aliphatic carbocycles.